The maximum absolute atomic E-state index is 12.6. The zero-order valence-electron chi connectivity index (χ0n) is 15.1. The number of hydrogen-bond acceptors (Lipinski definition) is 8. The molecular weight excluding hydrogens is 358 g/mol. The summed E-state index contributed by atoms with van der Waals surface area (Å²) in [6.07, 6.45) is 0. The molecule has 1 unspecified atom stereocenters. The van der Waals surface area contributed by atoms with E-state index in [1.54, 1.807) is 6.92 Å². The van der Waals surface area contributed by atoms with Crippen LogP contribution in [0.3, 0.4) is 0 Å². The average molecular weight is 377 g/mol. The second-order valence-corrected chi connectivity index (χ2v) is 5.84. The summed E-state index contributed by atoms with van der Waals surface area (Å²) in [6.45, 7) is 3.25. The van der Waals surface area contributed by atoms with Gasteiger partial charge in [-0.25, -0.2) is 4.79 Å². The Hall–Kier alpha value is -3.27. The van der Waals surface area contributed by atoms with Gasteiger partial charge in [0.1, 0.15) is 12.5 Å². The molecule has 1 aliphatic rings. The highest BCUT2D eigenvalue weighted by molar-refractivity contribution is 5.92. The molecule has 1 N–H and O–H groups in total. The molecule has 10 heteroatoms. The number of non-ortho nitro benzene ring substituents is 1. The molecule has 1 heterocycles. The quantitative estimate of drug-likeness (QED) is 0.331. The summed E-state index contributed by atoms with van der Waals surface area (Å²) in [5.41, 5.74) is 0.439. The summed E-state index contributed by atoms with van der Waals surface area (Å²) in [6, 6.07) is 5.43. The zero-order valence-corrected chi connectivity index (χ0v) is 15.1. The van der Waals surface area contributed by atoms with E-state index in [2.05, 4.69) is 5.32 Å². The minimum absolute atomic E-state index is 0.0235. The Kier molecular flexibility index (Phi) is 6.24. The van der Waals surface area contributed by atoms with E-state index in [4.69, 9.17) is 9.47 Å². The topological polar surface area (TPSA) is 134 Å². The normalized spacial score (nSPS) is 16.8. The molecule has 0 fully saturated rings. The van der Waals surface area contributed by atoms with Crippen molar-refractivity contribution >= 4 is 11.7 Å². The second-order valence-electron chi connectivity index (χ2n) is 5.84. The molecule has 0 saturated carbocycles. The van der Waals surface area contributed by atoms with Gasteiger partial charge in [0.25, 0.3) is 11.4 Å². The fourth-order valence-corrected chi connectivity index (χ4v) is 2.93. The van der Waals surface area contributed by atoms with Gasteiger partial charge in [0.2, 0.25) is 0 Å². The van der Waals surface area contributed by atoms with Crippen molar-refractivity contribution in [1.82, 2.24) is 5.32 Å². The van der Waals surface area contributed by atoms with Crippen LogP contribution in [0.25, 0.3) is 0 Å². The predicted octanol–water partition coefficient (Wildman–Crippen LogP) is 2.25. The third-order valence-corrected chi connectivity index (χ3v) is 4.08. The fraction of sp³-hybridized carbons (Fsp3) is 0.353. The number of methoxy groups -OCH3 is 1. The van der Waals surface area contributed by atoms with Crippen molar-refractivity contribution in [3.8, 4) is 0 Å². The molecule has 1 aromatic carbocycles. The Morgan fingerprint density at radius 1 is 1.15 bits per heavy atom. The maximum atomic E-state index is 12.6. The lowest BCUT2D eigenvalue weighted by Crippen LogP contribution is -2.32. The summed E-state index contributed by atoms with van der Waals surface area (Å²) in [5.74, 6) is -1.85. The van der Waals surface area contributed by atoms with E-state index in [9.17, 15) is 25.0 Å². The van der Waals surface area contributed by atoms with Crippen LogP contribution in [0.4, 0.5) is 5.69 Å². The standard InChI is InChI=1S/C17H19N3O7/c1-10-14(17(21)27-8-7-26-3)15(16(20(24)25)11(2)18-10)12-5-4-6-13(9-12)19(22)23/h4-6,9,15,18H,7-8H2,1-3H3. The highest BCUT2D eigenvalue weighted by atomic mass is 16.6. The molecule has 0 saturated heterocycles. The lowest BCUT2D eigenvalue weighted by Gasteiger charge is -2.26. The van der Waals surface area contributed by atoms with Gasteiger partial charge >= 0.3 is 5.97 Å². The Labute approximate surface area is 154 Å². The first-order chi connectivity index (χ1) is 12.8. The van der Waals surface area contributed by atoms with Crippen molar-refractivity contribution in [2.24, 2.45) is 0 Å². The van der Waals surface area contributed by atoms with Gasteiger partial charge in [0.15, 0.2) is 0 Å². The maximum Gasteiger partial charge on any atom is 0.337 e. The summed E-state index contributed by atoms with van der Waals surface area (Å²) in [5, 5.41) is 25.6. The Morgan fingerprint density at radius 2 is 1.85 bits per heavy atom. The molecule has 1 atom stereocenters. The van der Waals surface area contributed by atoms with Crippen LogP contribution in [0.2, 0.25) is 0 Å². The van der Waals surface area contributed by atoms with Gasteiger partial charge in [-0.3, -0.25) is 20.2 Å². The summed E-state index contributed by atoms with van der Waals surface area (Å²) in [7, 11) is 1.45. The Morgan fingerprint density at radius 3 is 2.44 bits per heavy atom. The molecule has 0 amide bonds. The second kappa shape index (κ2) is 8.41. The zero-order chi connectivity index (χ0) is 20.1. The van der Waals surface area contributed by atoms with E-state index < -0.39 is 21.7 Å². The third kappa shape index (κ3) is 4.29. The third-order valence-electron chi connectivity index (χ3n) is 4.08. The van der Waals surface area contributed by atoms with Crippen molar-refractivity contribution < 1.29 is 24.1 Å². The van der Waals surface area contributed by atoms with Crippen molar-refractivity contribution in [3.63, 3.8) is 0 Å². The van der Waals surface area contributed by atoms with Gasteiger partial charge in [-0.1, -0.05) is 12.1 Å². The van der Waals surface area contributed by atoms with Gasteiger partial charge in [-0.05, 0) is 19.4 Å². The Bertz CT molecular complexity index is 845. The largest absolute Gasteiger partial charge is 0.460 e. The molecule has 2 rings (SSSR count). The molecule has 0 bridgehead atoms. The predicted molar refractivity (Wildman–Crippen MR) is 94.2 cm³/mol. The Balaban J connectivity index is 2.57. The lowest BCUT2D eigenvalue weighted by atomic mass is 9.84. The van der Waals surface area contributed by atoms with Crippen LogP contribution in [0.1, 0.15) is 25.3 Å². The van der Waals surface area contributed by atoms with Crippen LogP contribution in [0.5, 0.6) is 0 Å². The molecule has 1 aromatic rings. The molecule has 10 nitrogen and oxygen atoms in total. The monoisotopic (exact) mass is 377 g/mol. The van der Waals surface area contributed by atoms with E-state index >= 15 is 0 Å². The number of carbonyl (C=O) groups is 1. The van der Waals surface area contributed by atoms with E-state index in [0.717, 1.165) is 0 Å². The van der Waals surface area contributed by atoms with Crippen LogP contribution in [0, 0.1) is 20.2 Å². The minimum Gasteiger partial charge on any atom is -0.460 e. The number of hydrogen-bond donors (Lipinski definition) is 1. The SMILES string of the molecule is COCCOC(=O)C1=C(C)NC(C)=C([N+](=O)[O-])C1c1cccc([N+](=O)[O-])c1. The molecule has 0 aromatic heterocycles. The van der Waals surface area contributed by atoms with Crippen LogP contribution in [-0.4, -0.2) is 36.1 Å². The summed E-state index contributed by atoms with van der Waals surface area (Å²) < 4.78 is 9.98. The number of dihydropyridines is 1. The average Bonchev–Trinajstić information content (AvgIpc) is 2.60. The number of carbonyl (C=O) groups excluding carboxylic acids is 1. The number of nitro benzene ring substituents is 1. The first-order valence-corrected chi connectivity index (χ1v) is 8.01. The highest BCUT2D eigenvalue weighted by Gasteiger charge is 2.41. The number of nitrogens with zero attached hydrogens (tertiary/aromatic N) is 2. The number of benzene rings is 1. The van der Waals surface area contributed by atoms with Gasteiger partial charge in [-0.15, -0.1) is 0 Å². The summed E-state index contributed by atoms with van der Waals surface area (Å²) in [4.78, 5) is 34.2. The van der Waals surface area contributed by atoms with Crippen LogP contribution in [0.15, 0.2) is 46.9 Å². The van der Waals surface area contributed by atoms with Gasteiger partial charge in [0, 0.05) is 24.9 Å². The van der Waals surface area contributed by atoms with E-state index in [1.165, 1.54) is 38.3 Å². The van der Waals surface area contributed by atoms with E-state index in [1.807, 2.05) is 0 Å². The van der Waals surface area contributed by atoms with Crippen molar-refractivity contribution in [2.75, 3.05) is 20.3 Å². The number of allylic oxidation sites excluding steroid dienone is 3. The van der Waals surface area contributed by atoms with E-state index in [-0.39, 0.29) is 41.4 Å². The van der Waals surface area contributed by atoms with Gasteiger partial charge < -0.3 is 14.8 Å². The molecule has 0 aliphatic carbocycles. The molecule has 0 spiro atoms. The molecule has 0 radical (unpaired) electrons. The number of esters is 1. The first kappa shape index (κ1) is 20.0. The van der Waals surface area contributed by atoms with Crippen molar-refractivity contribution in [1.29, 1.82) is 0 Å². The first-order valence-electron chi connectivity index (χ1n) is 8.01. The number of rotatable bonds is 7. The highest BCUT2D eigenvalue weighted by Crippen LogP contribution is 2.39. The van der Waals surface area contributed by atoms with Gasteiger partial charge in [-0.2, -0.15) is 0 Å². The number of ether oxygens (including phenoxy) is 2. The van der Waals surface area contributed by atoms with Crippen LogP contribution in [-0.2, 0) is 14.3 Å². The minimum atomic E-state index is -1.10. The van der Waals surface area contributed by atoms with Crippen LogP contribution >= 0.6 is 0 Å². The van der Waals surface area contributed by atoms with E-state index in [0.29, 0.717) is 5.70 Å². The smallest absolute Gasteiger partial charge is 0.337 e. The van der Waals surface area contributed by atoms with Crippen molar-refractivity contribution in [2.45, 2.75) is 19.8 Å². The number of nitro groups is 2. The van der Waals surface area contributed by atoms with Gasteiger partial charge in [0.05, 0.1) is 27.7 Å². The number of nitrogens with one attached hydrogen (secondary N) is 1. The lowest BCUT2D eigenvalue weighted by molar-refractivity contribution is -0.431. The molecule has 27 heavy (non-hydrogen) atoms. The fourth-order valence-electron chi connectivity index (χ4n) is 2.93. The van der Waals surface area contributed by atoms with Crippen LogP contribution < -0.4 is 5.32 Å². The molecule has 1 aliphatic heterocycles. The summed E-state index contributed by atoms with van der Waals surface area (Å²) >= 11 is 0. The molecular formula is C17H19N3O7. The van der Waals surface area contributed by atoms with Crippen molar-refractivity contribution in [3.05, 3.63) is 72.7 Å². The molecule has 144 valence electrons.